The SMILES string of the molecule is CC1(C(=O)O)CCN(C(=O)c2ccccc2-n2cccn2)C1. The highest BCUT2D eigenvalue weighted by molar-refractivity contribution is 5.98. The molecule has 1 atom stereocenters. The number of carbonyl (C=O) groups is 2. The zero-order valence-electron chi connectivity index (χ0n) is 12.3. The van der Waals surface area contributed by atoms with Gasteiger partial charge in [-0.3, -0.25) is 9.59 Å². The first-order valence-corrected chi connectivity index (χ1v) is 7.13. The van der Waals surface area contributed by atoms with E-state index in [0.717, 1.165) is 0 Å². The minimum absolute atomic E-state index is 0.156. The highest BCUT2D eigenvalue weighted by Crippen LogP contribution is 2.31. The number of para-hydroxylation sites is 1. The molecule has 22 heavy (non-hydrogen) atoms. The standard InChI is InChI=1S/C16H17N3O3/c1-16(15(21)22)7-10-18(11-16)14(20)12-5-2-3-6-13(12)19-9-4-8-17-19/h2-6,8-9H,7,10-11H2,1H3,(H,21,22). The number of nitrogens with zero attached hydrogens (tertiary/aromatic N) is 3. The van der Waals surface area contributed by atoms with Crippen LogP contribution in [-0.2, 0) is 4.79 Å². The average Bonchev–Trinajstić information content (AvgIpc) is 3.17. The maximum atomic E-state index is 12.8. The fourth-order valence-corrected chi connectivity index (χ4v) is 2.74. The highest BCUT2D eigenvalue weighted by atomic mass is 16.4. The van der Waals surface area contributed by atoms with E-state index in [2.05, 4.69) is 5.10 Å². The number of hydrogen-bond donors (Lipinski definition) is 1. The van der Waals surface area contributed by atoms with Crippen LogP contribution in [0.2, 0.25) is 0 Å². The topological polar surface area (TPSA) is 75.4 Å². The van der Waals surface area contributed by atoms with Crippen LogP contribution in [-0.4, -0.2) is 44.8 Å². The minimum Gasteiger partial charge on any atom is -0.481 e. The molecule has 1 aliphatic heterocycles. The minimum atomic E-state index is -0.865. The van der Waals surface area contributed by atoms with Crippen molar-refractivity contribution in [2.75, 3.05) is 13.1 Å². The van der Waals surface area contributed by atoms with Crippen LogP contribution in [0, 0.1) is 5.41 Å². The van der Waals surface area contributed by atoms with Crippen molar-refractivity contribution in [2.45, 2.75) is 13.3 Å². The summed E-state index contributed by atoms with van der Waals surface area (Å²) < 4.78 is 1.64. The zero-order chi connectivity index (χ0) is 15.7. The molecule has 0 saturated carbocycles. The van der Waals surface area contributed by atoms with Gasteiger partial charge in [-0.05, 0) is 31.5 Å². The third-order valence-electron chi connectivity index (χ3n) is 4.16. The van der Waals surface area contributed by atoms with Crippen LogP contribution in [0.1, 0.15) is 23.7 Å². The van der Waals surface area contributed by atoms with Crippen LogP contribution in [0.4, 0.5) is 0 Å². The lowest BCUT2D eigenvalue weighted by molar-refractivity contribution is -0.147. The predicted octanol–water partition coefficient (Wildman–Crippen LogP) is 1.81. The van der Waals surface area contributed by atoms with Gasteiger partial charge < -0.3 is 10.0 Å². The maximum absolute atomic E-state index is 12.8. The lowest BCUT2D eigenvalue weighted by Gasteiger charge is -2.21. The summed E-state index contributed by atoms with van der Waals surface area (Å²) in [6, 6.07) is 9.01. The van der Waals surface area contributed by atoms with E-state index in [1.165, 1.54) is 0 Å². The summed E-state index contributed by atoms with van der Waals surface area (Å²) in [5.41, 5.74) is 0.360. The molecule has 6 nitrogen and oxygen atoms in total. The van der Waals surface area contributed by atoms with E-state index >= 15 is 0 Å². The van der Waals surface area contributed by atoms with E-state index in [0.29, 0.717) is 24.2 Å². The molecule has 0 aliphatic carbocycles. The van der Waals surface area contributed by atoms with Gasteiger partial charge in [0.2, 0.25) is 0 Å². The van der Waals surface area contributed by atoms with Gasteiger partial charge >= 0.3 is 5.97 Å². The molecule has 6 heteroatoms. The van der Waals surface area contributed by atoms with Crippen molar-refractivity contribution in [1.29, 1.82) is 0 Å². The fourth-order valence-electron chi connectivity index (χ4n) is 2.74. The molecular formula is C16H17N3O3. The Kier molecular flexibility index (Phi) is 3.44. The molecule has 1 aromatic heterocycles. The normalized spacial score (nSPS) is 21.0. The Hall–Kier alpha value is -2.63. The summed E-state index contributed by atoms with van der Waals surface area (Å²) in [4.78, 5) is 25.7. The van der Waals surface area contributed by atoms with Crippen molar-refractivity contribution in [3.8, 4) is 5.69 Å². The molecule has 0 bridgehead atoms. The van der Waals surface area contributed by atoms with Crippen LogP contribution in [0.5, 0.6) is 0 Å². The summed E-state index contributed by atoms with van der Waals surface area (Å²) in [6.45, 7) is 2.37. The van der Waals surface area contributed by atoms with Crippen molar-refractivity contribution in [2.24, 2.45) is 5.41 Å². The molecule has 1 aromatic carbocycles. The van der Waals surface area contributed by atoms with Crippen LogP contribution in [0.3, 0.4) is 0 Å². The van der Waals surface area contributed by atoms with Gasteiger partial charge in [0.1, 0.15) is 0 Å². The molecule has 1 N–H and O–H groups in total. The Labute approximate surface area is 128 Å². The number of likely N-dealkylation sites (tertiary alicyclic amines) is 1. The van der Waals surface area contributed by atoms with Crippen molar-refractivity contribution in [3.63, 3.8) is 0 Å². The van der Waals surface area contributed by atoms with Gasteiger partial charge in [-0.25, -0.2) is 4.68 Å². The van der Waals surface area contributed by atoms with Crippen molar-refractivity contribution < 1.29 is 14.7 Å². The zero-order valence-corrected chi connectivity index (χ0v) is 12.3. The largest absolute Gasteiger partial charge is 0.481 e. The van der Waals surface area contributed by atoms with E-state index < -0.39 is 11.4 Å². The van der Waals surface area contributed by atoms with Crippen molar-refractivity contribution in [1.82, 2.24) is 14.7 Å². The Morgan fingerprint density at radius 2 is 2.05 bits per heavy atom. The van der Waals surface area contributed by atoms with E-state index in [1.54, 1.807) is 47.1 Å². The molecule has 1 unspecified atom stereocenters. The molecular weight excluding hydrogens is 282 g/mol. The lowest BCUT2D eigenvalue weighted by Crippen LogP contribution is -2.35. The van der Waals surface area contributed by atoms with Gasteiger partial charge in [-0.15, -0.1) is 0 Å². The third-order valence-corrected chi connectivity index (χ3v) is 4.16. The van der Waals surface area contributed by atoms with Crippen LogP contribution in [0.15, 0.2) is 42.7 Å². The molecule has 114 valence electrons. The molecule has 3 rings (SSSR count). The number of carbonyl (C=O) groups excluding carboxylic acids is 1. The third kappa shape index (κ3) is 2.36. The summed E-state index contributed by atoms with van der Waals surface area (Å²) in [7, 11) is 0. The van der Waals surface area contributed by atoms with Gasteiger partial charge in [0, 0.05) is 25.5 Å². The molecule has 1 fully saturated rings. The second-order valence-corrected chi connectivity index (χ2v) is 5.81. The first-order valence-electron chi connectivity index (χ1n) is 7.13. The molecule has 2 aromatic rings. The number of carboxylic acids is 1. The molecule has 1 amide bonds. The maximum Gasteiger partial charge on any atom is 0.311 e. The van der Waals surface area contributed by atoms with Crippen LogP contribution < -0.4 is 0 Å². The highest BCUT2D eigenvalue weighted by Gasteiger charge is 2.42. The van der Waals surface area contributed by atoms with Crippen molar-refractivity contribution in [3.05, 3.63) is 48.3 Å². The number of hydrogen-bond acceptors (Lipinski definition) is 3. The van der Waals surface area contributed by atoms with E-state index in [-0.39, 0.29) is 12.5 Å². The number of benzene rings is 1. The number of carboxylic acid groups (broad SMARTS) is 1. The van der Waals surface area contributed by atoms with E-state index in [9.17, 15) is 14.7 Å². The van der Waals surface area contributed by atoms with E-state index in [1.807, 2.05) is 12.1 Å². The molecule has 0 radical (unpaired) electrons. The summed E-state index contributed by atoms with van der Waals surface area (Å²) in [6.07, 6.45) is 3.90. The molecule has 1 aliphatic rings. The van der Waals surface area contributed by atoms with Crippen LogP contribution in [0.25, 0.3) is 5.69 Å². The van der Waals surface area contributed by atoms with Gasteiger partial charge in [0.25, 0.3) is 5.91 Å². The average molecular weight is 299 g/mol. The van der Waals surface area contributed by atoms with E-state index in [4.69, 9.17) is 0 Å². The first kappa shape index (κ1) is 14.3. The second-order valence-electron chi connectivity index (χ2n) is 5.81. The van der Waals surface area contributed by atoms with Gasteiger partial charge in [0.15, 0.2) is 0 Å². The van der Waals surface area contributed by atoms with Gasteiger partial charge in [0.05, 0.1) is 16.7 Å². The Bertz CT molecular complexity index is 711. The molecule has 1 saturated heterocycles. The predicted molar refractivity (Wildman–Crippen MR) is 79.8 cm³/mol. The summed E-state index contributed by atoms with van der Waals surface area (Å²) >= 11 is 0. The Balaban J connectivity index is 1.90. The quantitative estimate of drug-likeness (QED) is 0.938. The van der Waals surface area contributed by atoms with Crippen molar-refractivity contribution >= 4 is 11.9 Å². The number of aliphatic carboxylic acids is 1. The first-order chi connectivity index (χ1) is 10.5. The summed E-state index contributed by atoms with van der Waals surface area (Å²) in [5, 5.41) is 13.5. The summed E-state index contributed by atoms with van der Waals surface area (Å²) in [5.74, 6) is -1.01. The molecule has 2 heterocycles. The second kappa shape index (κ2) is 5.29. The van der Waals surface area contributed by atoms with Crippen LogP contribution >= 0.6 is 0 Å². The number of rotatable bonds is 3. The number of aromatic nitrogens is 2. The Morgan fingerprint density at radius 1 is 1.27 bits per heavy atom. The monoisotopic (exact) mass is 299 g/mol. The smallest absolute Gasteiger partial charge is 0.311 e. The molecule has 0 spiro atoms. The lowest BCUT2D eigenvalue weighted by atomic mass is 9.90. The Morgan fingerprint density at radius 3 is 2.68 bits per heavy atom. The van der Waals surface area contributed by atoms with Gasteiger partial charge in [-0.2, -0.15) is 5.10 Å². The fraction of sp³-hybridized carbons (Fsp3) is 0.312. The van der Waals surface area contributed by atoms with Gasteiger partial charge in [-0.1, -0.05) is 12.1 Å². The number of amides is 1.